The van der Waals surface area contributed by atoms with Crippen LogP contribution in [0.15, 0.2) is 24.3 Å². The zero-order chi connectivity index (χ0) is 23.3. The molecule has 0 saturated carbocycles. The molecule has 0 aliphatic carbocycles. The number of ketones is 1. The zero-order valence-corrected chi connectivity index (χ0v) is 21.5. The van der Waals surface area contributed by atoms with E-state index in [-0.39, 0.29) is 29.7 Å². The van der Waals surface area contributed by atoms with Crippen molar-refractivity contribution in [1.29, 1.82) is 0 Å². The van der Waals surface area contributed by atoms with Gasteiger partial charge in [-0.25, -0.2) is 4.79 Å². The first kappa shape index (κ1) is 26.4. The van der Waals surface area contributed by atoms with Gasteiger partial charge in [0.2, 0.25) is 0 Å². The zero-order valence-electron chi connectivity index (χ0n) is 20.5. The van der Waals surface area contributed by atoms with Gasteiger partial charge in [0.1, 0.15) is 5.60 Å². The Labute approximate surface area is 184 Å². The summed E-state index contributed by atoms with van der Waals surface area (Å²) in [6, 6.07) is 7.73. The highest BCUT2D eigenvalue weighted by molar-refractivity contribution is 6.74. The third-order valence-electron chi connectivity index (χ3n) is 5.44. The minimum atomic E-state index is -2.13. The maximum atomic E-state index is 13.2. The van der Waals surface area contributed by atoms with E-state index < -0.39 is 26.1 Å². The summed E-state index contributed by atoms with van der Waals surface area (Å²) < 4.78 is 11.9. The van der Waals surface area contributed by atoms with Crippen LogP contribution in [0, 0.1) is 0 Å². The fraction of sp³-hybridized carbons (Fsp3) is 0.667. The maximum absolute atomic E-state index is 13.2. The third kappa shape index (κ3) is 8.23. The van der Waals surface area contributed by atoms with Crippen LogP contribution in [0.1, 0.15) is 83.7 Å². The lowest BCUT2D eigenvalue weighted by Crippen LogP contribution is -2.48. The molecule has 1 amide bonds. The number of rotatable bonds is 8. The second kappa shape index (κ2) is 10.1. The molecule has 1 rings (SSSR count). The van der Waals surface area contributed by atoms with Crippen LogP contribution in [0.4, 0.5) is 4.79 Å². The van der Waals surface area contributed by atoms with E-state index in [4.69, 9.17) is 9.16 Å². The summed E-state index contributed by atoms with van der Waals surface area (Å²) in [7, 11) is -2.13. The van der Waals surface area contributed by atoms with Gasteiger partial charge >= 0.3 is 6.09 Å². The highest BCUT2D eigenvalue weighted by atomic mass is 28.4. The molecule has 0 fully saturated rings. The van der Waals surface area contributed by atoms with Crippen molar-refractivity contribution in [2.75, 3.05) is 6.54 Å². The largest absolute Gasteiger partial charge is 0.444 e. The van der Waals surface area contributed by atoms with Gasteiger partial charge in [0.05, 0.1) is 6.10 Å². The Morgan fingerprint density at radius 3 is 2.10 bits per heavy atom. The molecule has 0 aliphatic rings. The van der Waals surface area contributed by atoms with Crippen LogP contribution in [0.5, 0.6) is 0 Å². The number of benzene rings is 1. The van der Waals surface area contributed by atoms with Gasteiger partial charge in [-0.3, -0.25) is 4.79 Å². The van der Waals surface area contributed by atoms with E-state index in [9.17, 15) is 9.59 Å². The van der Waals surface area contributed by atoms with Crippen molar-refractivity contribution in [3.05, 3.63) is 35.4 Å². The molecule has 0 heterocycles. The summed E-state index contributed by atoms with van der Waals surface area (Å²) in [5.74, 6) is 0.291. The van der Waals surface area contributed by atoms with Crippen molar-refractivity contribution in [2.45, 2.75) is 97.6 Å². The summed E-state index contributed by atoms with van der Waals surface area (Å²) in [4.78, 5) is 25.3. The quantitative estimate of drug-likeness (QED) is 0.384. The molecule has 0 aromatic heterocycles. The lowest BCUT2D eigenvalue weighted by molar-refractivity contribution is 0.0488. The topological polar surface area (TPSA) is 64.6 Å². The Bertz CT molecular complexity index is 729. The van der Waals surface area contributed by atoms with E-state index in [0.717, 1.165) is 11.1 Å². The second-order valence-electron chi connectivity index (χ2n) is 10.8. The SMILES string of the molecule is CC(C)c1ccccc1C(=O)CC(CNC(=O)OC(C)(C)C)O[Si](C)(C)C(C)(C)C. The molecule has 1 aromatic carbocycles. The molecule has 5 nitrogen and oxygen atoms in total. The summed E-state index contributed by atoms with van der Waals surface area (Å²) in [6.45, 7) is 20.7. The molecule has 30 heavy (non-hydrogen) atoms. The Morgan fingerprint density at radius 2 is 1.60 bits per heavy atom. The number of nitrogens with one attached hydrogen (secondary N) is 1. The van der Waals surface area contributed by atoms with E-state index >= 15 is 0 Å². The van der Waals surface area contributed by atoms with Crippen LogP contribution in [0.25, 0.3) is 0 Å². The summed E-state index contributed by atoms with van der Waals surface area (Å²) in [5, 5.41) is 2.79. The lowest BCUT2D eigenvalue weighted by atomic mass is 9.93. The summed E-state index contributed by atoms with van der Waals surface area (Å²) in [5.41, 5.74) is 1.19. The van der Waals surface area contributed by atoms with E-state index in [1.54, 1.807) is 0 Å². The van der Waals surface area contributed by atoms with Crippen molar-refractivity contribution in [3.8, 4) is 0 Å². The Hall–Kier alpha value is -1.66. The average Bonchev–Trinajstić information content (AvgIpc) is 2.56. The lowest BCUT2D eigenvalue weighted by Gasteiger charge is -2.39. The molecule has 0 aliphatic heterocycles. The van der Waals surface area contributed by atoms with Gasteiger partial charge in [-0.1, -0.05) is 58.9 Å². The van der Waals surface area contributed by atoms with Crippen LogP contribution in [0.3, 0.4) is 0 Å². The van der Waals surface area contributed by atoms with E-state index in [1.165, 1.54) is 0 Å². The predicted octanol–water partition coefficient (Wildman–Crippen LogP) is 6.30. The van der Waals surface area contributed by atoms with Crippen molar-refractivity contribution in [3.63, 3.8) is 0 Å². The first-order chi connectivity index (χ1) is 13.5. The number of amides is 1. The fourth-order valence-electron chi connectivity index (χ4n) is 2.83. The molecule has 1 unspecified atom stereocenters. The smallest absolute Gasteiger partial charge is 0.407 e. The molecule has 1 aromatic rings. The van der Waals surface area contributed by atoms with Crippen LogP contribution in [0.2, 0.25) is 18.1 Å². The van der Waals surface area contributed by atoms with Crippen molar-refractivity contribution in [2.24, 2.45) is 0 Å². The molecule has 6 heteroatoms. The van der Waals surface area contributed by atoms with Gasteiger partial charge in [-0.05, 0) is 50.4 Å². The molecule has 0 saturated heterocycles. The molecule has 0 radical (unpaired) electrons. The Kier molecular flexibility index (Phi) is 8.88. The molecule has 0 spiro atoms. The monoisotopic (exact) mass is 435 g/mol. The first-order valence-corrected chi connectivity index (χ1v) is 13.7. The number of Topliss-reactive ketones (excluding diaryl/α,β-unsaturated/α-hetero) is 1. The Balaban J connectivity index is 3.03. The Morgan fingerprint density at radius 1 is 1.03 bits per heavy atom. The van der Waals surface area contributed by atoms with Crippen molar-refractivity contribution >= 4 is 20.2 Å². The number of ether oxygens (including phenoxy) is 1. The predicted molar refractivity (Wildman–Crippen MR) is 126 cm³/mol. The number of carbonyl (C=O) groups excluding carboxylic acids is 2. The molecular formula is C24H41NO4Si. The van der Waals surface area contributed by atoms with E-state index in [2.05, 4.69) is 53.0 Å². The molecule has 170 valence electrons. The van der Waals surface area contributed by atoms with Crippen LogP contribution in [-0.4, -0.2) is 38.4 Å². The van der Waals surface area contributed by atoms with Gasteiger partial charge in [0.25, 0.3) is 0 Å². The van der Waals surface area contributed by atoms with Crippen molar-refractivity contribution < 1.29 is 18.8 Å². The maximum Gasteiger partial charge on any atom is 0.407 e. The third-order valence-corrected chi connectivity index (χ3v) is 9.97. The van der Waals surface area contributed by atoms with Gasteiger partial charge in [0.15, 0.2) is 14.1 Å². The number of hydrogen-bond acceptors (Lipinski definition) is 4. The minimum Gasteiger partial charge on any atom is -0.444 e. The van der Waals surface area contributed by atoms with Gasteiger partial charge in [-0.15, -0.1) is 0 Å². The molecule has 1 N–H and O–H groups in total. The van der Waals surface area contributed by atoms with Crippen LogP contribution < -0.4 is 5.32 Å². The first-order valence-electron chi connectivity index (χ1n) is 10.8. The highest BCUT2D eigenvalue weighted by Gasteiger charge is 2.39. The van der Waals surface area contributed by atoms with Gasteiger partial charge in [0, 0.05) is 18.5 Å². The number of carbonyl (C=O) groups is 2. The highest BCUT2D eigenvalue weighted by Crippen LogP contribution is 2.37. The second-order valence-corrected chi connectivity index (χ2v) is 15.5. The number of hydrogen-bond donors (Lipinski definition) is 1. The standard InChI is InChI=1S/C24H41NO4Si/c1-17(2)19-13-11-12-14-20(19)21(26)15-18(29-30(9,10)24(6,7)8)16-25-22(27)28-23(3,4)5/h11-14,17-18H,15-16H2,1-10H3,(H,25,27). The fourth-order valence-corrected chi connectivity index (χ4v) is 4.18. The number of alkyl carbamates (subject to hydrolysis) is 1. The van der Waals surface area contributed by atoms with E-state index in [0.29, 0.717) is 0 Å². The summed E-state index contributed by atoms with van der Waals surface area (Å²) >= 11 is 0. The van der Waals surface area contributed by atoms with Gasteiger partial charge in [-0.2, -0.15) is 0 Å². The molecule has 1 atom stereocenters. The minimum absolute atomic E-state index is 0.00391. The van der Waals surface area contributed by atoms with Gasteiger partial charge < -0.3 is 14.5 Å². The molecule has 0 bridgehead atoms. The normalized spacial score (nSPS) is 13.8. The average molecular weight is 436 g/mol. The van der Waals surface area contributed by atoms with Crippen molar-refractivity contribution in [1.82, 2.24) is 5.32 Å². The molecular weight excluding hydrogens is 394 g/mol. The van der Waals surface area contributed by atoms with E-state index in [1.807, 2.05) is 45.0 Å². The van der Waals surface area contributed by atoms with Crippen LogP contribution in [-0.2, 0) is 9.16 Å². The summed E-state index contributed by atoms with van der Waals surface area (Å²) in [6.07, 6.45) is -0.695. The van der Waals surface area contributed by atoms with Crippen LogP contribution >= 0.6 is 0 Å².